The number of allylic oxidation sites excluding steroid dienone is 1. The molecule has 1 rings (SSSR count). The minimum atomic E-state index is -3.73. The van der Waals surface area contributed by atoms with E-state index in [-0.39, 0.29) is 6.42 Å². The molecule has 5 nitrogen and oxygen atoms in total. The molecule has 8 heteroatoms. The van der Waals surface area contributed by atoms with E-state index in [0.29, 0.717) is 6.08 Å². The molecule has 0 unspecified atom stereocenters. The standard InChI is InChI=1S/C6H6F2N2O3S/c7-5(8)2-1-3-14(11,12)6-10-9-4-13-6/h2,4H,1,3H2. The van der Waals surface area contributed by atoms with E-state index in [2.05, 4.69) is 14.6 Å². The molecule has 78 valence electrons. The summed E-state index contributed by atoms with van der Waals surface area (Å²) in [7, 11) is -3.73. The number of hydrogen-bond donors (Lipinski definition) is 0. The summed E-state index contributed by atoms with van der Waals surface area (Å²) in [6.07, 6.45) is -0.815. The van der Waals surface area contributed by atoms with E-state index < -0.39 is 26.9 Å². The molecular weight excluding hydrogens is 218 g/mol. The molecule has 1 heterocycles. The third-order valence-electron chi connectivity index (χ3n) is 1.29. The Morgan fingerprint density at radius 2 is 2.29 bits per heavy atom. The highest BCUT2D eigenvalue weighted by molar-refractivity contribution is 7.91. The van der Waals surface area contributed by atoms with E-state index in [1.54, 1.807) is 0 Å². The smallest absolute Gasteiger partial charge is 0.335 e. The normalized spacial score (nSPS) is 11.3. The maximum atomic E-state index is 11.6. The SMILES string of the molecule is O=S(=O)(CCC=C(F)F)c1nnco1. The Kier molecular flexibility index (Phi) is 3.28. The fourth-order valence-electron chi connectivity index (χ4n) is 0.709. The van der Waals surface area contributed by atoms with Gasteiger partial charge in [0, 0.05) is 0 Å². The van der Waals surface area contributed by atoms with Crippen LogP contribution in [0.3, 0.4) is 0 Å². The Balaban J connectivity index is 2.65. The molecule has 1 aromatic rings. The molecule has 0 radical (unpaired) electrons. The van der Waals surface area contributed by atoms with Crippen molar-refractivity contribution in [3.05, 3.63) is 18.6 Å². The summed E-state index contributed by atoms with van der Waals surface area (Å²) < 4.78 is 50.0. The summed E-state index contributed by atoms with van der Waals surface area (Å²) in [6.45, 7) is 0. The van der Waals surface area contributed by atoms with E-state index in [1.807, 2.05) is 0 Å². The molecule has 0 amide bonds. The third-order valence-corrected chi connectivity index (χ3v) is 2.77. The Labute approximate surface area is 78.4 Å². The molecule has 0 N–H and O–H groups in total. The minimum Gasteiger partial charge on any atom is -0.415 e. The lowest BCUT2D eigenvalue weighted by molar-refractivity contribution is 0.417. The zero-order valence-electron chi connectivity index (χ0n) is 6.85. The lowest BCUT2D eigenvalue weighted by Gasteiger charge is -1.94. The van der Waals surface area contributed by atoms with Gasteiger partial charge in [-0.25, -0.2) is 8.42 Å². The number of halogens is 2. The molecule has 0 saturated carbocycles. The lowest BCUT2D eigenvalue weighted by Crippen LogP contribution is -2.06. The number of sulfone groups is 1. The zero-order chi connectivity index (χ0) is 10.6. The van der Waals surface area contributed by atoms with Crippen LogP contribution in [0.25, 0.3) is 0 Å². The molecular formula is C6H6F2N2O3S. The van der Waals surface area contributed by atoms with Crippen LogP contribution in [0, 0.1) is 0 Å². The summed E-state index contributed by atoms with van der Waals surface area (Å²) >= 11 is 0. The van der Waals surface area contributed by atoms with Gasteiger partial charge in [0.05, 0.1) is 5.75 Å². The quantitative estimate of drug-likeness (QED) is 0.763. The van der Waals surface area contributed by atoms with Crippen molar-refractivity contribution in [3.8, 4) is 0 Å². The summed E-state index contributed by atoms with van der Waals surface area (Å²) in [5.74, 6) is -0.480. The Hall–Kier alpha value is -1.31. The highest BCUT2D eigenvalue weighted by atomic mass is 32.2. The van der Waals surface area contributed by atoms with Crippen molar-refractivity contribution in [2.24, 2.45) is 0 Å². The van der Waals surface area contributed by atoms with E-state index in [9.17, 15) is 17.2 Å². The maximum absolute atomic E-state index is 11.6. The van der Waals surface area contributed by atoms with Crippen LogP contribution in [0.4, 0.5) is 8.78 Å². The minimum absolute atomic E-state index is 0.285. The summed E-state index contributed by atoms with van der Waals surface area (Å²) in [5.41, 5.74) is 0. The Morgan fingerprint density at radius 3 is 2.79 bits per heavy atom. The van der Waals surface area contributed by atoms with Crippen LogP contribution < -0.4 is 0 Å². The average Bonchev–Trinajstić information content (AvgIpc) is 2.54. The Bertz CT molecular complexity index is 408. The first kappa shape index (κ1) is 10.8. The molecule has 14 heavy (non-hydrogen) atoms. The van der Waals surface area contributed by atoms with Crippen LogP contribution in [0.1, 0.15) is 6.42 Å². The van der Waals surface area contributed by atoms with Gasteiger partial charge in [0.25, 0.3) is 6.08 Å². The highest BCUT2D eigenvalue weighted by Gasteiger charge is 2.19. The predicted molar refractivity (Wildman–Crippen MR) is 41.3 cm³/mol. The van der Waals surface area contributed by atoms with Gasteiger partial charge in [-0.15, -0.1) is 5.10 Å². The van der Waals surface area contributed by atoms with Crippen molar-refractivity contribution < 1.29 is 21.6 Å². The average molecular weight is 224 g/mol. The second kappa shape index (κ2) is 4.27. The van der Waals surface area contributed by atoms with Crippen molar-refractivity contribution in [1.29, 1.82) is 0 Å². The second-order valence-corrected chi connectivity index (χ2v) is 4.29. The van der Waals surface area contributed by atoms with Crippen LogP contribution >= 0.6 is 0 Å². The first-order chi connectivity index (χ1) is 6.52. The molecule has 0 bridgehead atoms. The largest absolute Gasteiger partial charge is 0.415 e. The third kappa shape index (κ3) is 2.87. The molecule has 0 saturated heterocycles. The van der Waals surface area contributed by atoms with Crippen molar-refractivity contribution >= 4 is 9.84 Å². The van der Waals surface area contributed by atoms with Crippen LogP contribution in [0.15, 0.2) is 28.2 Å². The maximum Gasteiger partial charge on any atom is 0.335 e. The van der Waals surface area contributed by atoms with Gasteiger partial charge >= 0.3 is 5.22 Å². The molecule has 0 atom stereocenters. The van der Waals surface area contributed by atoms with Gasteiger partial charge in [0.1, 0.15) is 0 Å². The first-order valence-corrected chi connectivity index (χ1v) is 5.17. The number of aromatic nitrogens is 2. The van der Waals surface area contributed by atoms with Gasteiger partial charge in [-0.2, -0.15) is 8.78 Å². The zero-order valence-corrected chi connectivity index (χ0v) is 7.67. The van der Waals surface area contributed by atoms with E-state index >= 15 is 0 Å². The molecule has 0 aromatic carbocycles. The lowest BCUT2D eigenvalue weighted by atomic mass is 10.5. The fourth-order valence-corrected chi connectivity index (χ4v) is 1.67. The van der Waals surface area contributed by atoms with E-state index in [0.717, 1.165) is 6.39 Å². The van der Waals surface area contributed by atoms with Crippen molar-refractivity contribution in [3.63, 3.8) is 0 Å². The van der Waals surface area contributed by atoms with Gasteiger partial charge in [0.15, 0.2) is 0 Å². The summed E-state index contributed by atoms with van der Waals surface area (Å²) in [5, 5.41) is 5.79. The van der Waals surface area contributed by atoms with E-state index in [1.165, 1.54) is 0 Å². The van der Waals surface area contributed by atoms with Crippen LogP contribution in [0.5, 0.6) is 0 Å². The molecule has 0 aliphatic heterocycles. The molecule has 0 aliphatic rings. The monoisotopic (exact) mass is 224 g/mol. The van der Waals surface area contributed by atoms with Crippen molar-refractivity contribution in [2.45, 2.75) is 11.6 Å². The fraction of sp³-hybridized carbons (Fsp3) is 0.333. The Morgan fingerprint density at radius 1 is 1.57 bits per heavy atom. The number of nitrogens with zero attached hydrogens (tertiary/aromatic N) is 2. The number of hydrogen-bond acceptors (Lipinski definition) is 5. The molecule has 0 fully saturated rings. The molecule has 0 aliphatic carbocycles. The van der Waals surface area contributed by atoms with Crippen LogP contribution in [0.2, 0.25) is 0 Å². The van der Waals surface area contributed by atoms with Gasteiger partial charge in [0.2, 0.25) is 16.2 Å². The summed E-state index contributed by atoms with van der Waals surface area (Å²) in [4.78, 5) is 0. The number of rotatable bonds is 4. The van der Waals surface area contributed by atoms with Gasteiger partial charge in [-0.1, -0.05) is 5.10 Å². The van der Waals surface area contributed by atoms with Gasteiger partial charge < -0.3 is 4.42 Å². The molecule has 0 spiro atoms. The van der Waals surface area contributed by atoms with Crippen LogP contribution in [-0.4, -0.2) is 24.4 Å². The topological polar surface area (TPSA) is 73.1 Å². The predicted octanol–water partition coefficient (Wildman–Crippen LogP) is 1.01. The van der Waals surface area contributed by atoms with Gasteiger partial charge in [-0.3, -0.25) is 0 Å². The van der Waals surface area contributed by atoms with Crippen molar-refractivity contribution in [2.75, 3.05) is 5.75 Å². The molecule has 1 aromatic heterocycles. The van der Waals surface area contributed by atoms with E-state index in [4.69, 9.17) is 0 Å². The first-order valence-electron chi connectivity index (χ1n) is 3.52. The summed E-state index contributed by atoms with van der Waals surface area (Å²) in [6, 6.07) is 0. The van der Waals surface area contributed by atoms with Crippen LogP contribution in [-0.2, 0) is 9.84 Å². The van der Waals surface area contributed by atoms with Gasteiger partial charge in [-0.05, 0) is 12.5 Å². The highest BCUT2D eigenvalue weighted by Crippen LogP contribution is 2.09. The van der Waals surface area contributed by atoms with Crippen molar-refractivity contribution in [1.82, 2.24) is 10.2 Å². The second-order valence-electron chi connectivity index (χ2n) is 2.31.